The van der Waals surface area contributed by atoms with Crippen molar-refractivity contribution in [2.24, 2.45) is 0 Å². The first kappa shape index (κ1) is 13.7. The Morgan fingerprint density at radius 3 is 2.76 bits per heavy atom. The Morgan fingerprint density at radius 1 is 1.47 bits per heavy atom. The van der Waals surface area contributed by atoms with Crippen molar-refractivity contribution in [3.63, 3.8) is 0 Å². The van der Waals surface area contributed by atoms with Gasteiger partial charge in [-0.3, -0.25) is 4.79 Å². The fourth-order valence-electron chi connectivity index (χ4n) is 1.82. The summed E-state index contributed by atoms with van der Waals surface area (Å²) in [6.45, 7) is 4.20. The van der Waals surface area contributed by atoms with Crippen LogP contribution in [0.4, 0.5) is 0 Å². The number of unbranched alkanes of at least 4 members (excludes halogenated alkanes) is 2. The number of Topliss-reactive ketones (excluding diaryl/α,β-unsaturated/α-hetero) is 1. The van der Waals surface area contributed by atoms with Crippen LogP contribution in [0.15, 0.2) is 23.3 Å². The second kappa shape index (κ2) is 7.05. The molecule has 0 saturated heterocycles. The van der Waals surface area contributed by atoms with E-state index in [1.807, 2.05) is 12.2 Å². The number of ketones is 1. The van der Waals surface area contributed by atoms with E-state index < -0.39 is 0 Å². The Morgan fingerprint density at radius 2 is 2.24 bits per heavy atom. The summed E-state index contributed by atoms with van der Waals surface area (Å²) in [7, 11) is 0. The highest BCUT2D eigenvalue weighted by Gasteiger charge is 2.24. The highest BCUT2D eigenvalue weighted by atomic mass is 16.5. The van der Waals surface area contributed by atoms with E-state index in [4.69, 9.17) is 4.74 Å². The van der Waals surface area contributed by atoms with Gasteiger partial charge < -0.3 is 4.74 Å². The number of allylic oxidation sites excluding steroid dienone is 2. The molecular formula is C14H20O3. The predicted octanol–water partition coefficient (Wildman–Crippen LogP) is 2.96. The van der Waals surface area contributed by atoms with Crippen LogP contribution in [0, 0.1) is 0 Å². The standard InChI is InChI=1S/C14H20O3/c1-3-5-6-8-12(14(16)17-4-2)11-9-7-10-13(11)15/h8-9H,3-7,10H2,1-2H3. The first-order valence-electron chi connectivity index (χ1n) is 6.31. The molecule has 0 aromatic heterocycles. The lowest BCUT2D eigenvalue weighted by atomic mass is 10.0. The third-order valence-corrected chi connectivity index (χ3v) is 2.71. The molecule has 0 unspecified atom stereocenters. The van der Waals surface area contributed by atoms with Gasteiger partial charge in [0.05, 0.1) is 12.2 Å². The zero-order chi connectivity index (χ0) is 12.7. The second-order valence-corrected chi connectivity index (χ2v) is 4.06. The zero-order valence-electron chi connectivity index (χ0n) is 10.6. The maximum absolute atomic E-state index is 11.8. The van der Waals surface area contributed by atoms with Gasteiger partial charge in [0.25, 0.3) is 0 Å². The number of hydrogen-bond acceptors (Lipinski definition) is 3. The van der Waals surface area contributed by atoms with E-state index in [0.29, 0.717) is 24.2 Å². The van der Waals surface area contributed by atoms with Gasteiger partial charge >= 0.3 is 5.97 Å². The van der Waals surface area contributed by atoms with Crippen LogP contribution < -0.4 is 0 Å². The van der Waals surface area contributed by atoms with E-state index >= 15 is 0 Å². The van der Waals surface area contributed by atoms with E-state index in [1.165, 1.54) is 0 Å². The Labute approximate surface area is 103 Å². The molecule has 0 fully saturated rings. The summed E-state index contributed by atoms with van der Waals surface area (Å²) >= 11 is 0. The van der Waals surface area contributed by atoms with Gasteiger partial charge in [-0.15, -0.1) is 0 Å². The Hall–Kier alpha value is -1.38. The molecule has 0 amide bonds. The molecule has 0 atom stereocenters. The van der Waals surface area contributed by atoms with Crippen molar-refractivity contribution >= 4 is 11.8 Å². The van der Waals surface area contributed by atoms with Gasteiger partial charge in [-0.25, -0.2) is 4.79 Å². The van der Waals surface area contributed by atoms with Gasteiger partial charge in [0.15, 0.2) is 5.78 Å². The van der Waals surface area contributed by atoms with Crippen LogP contribution in [-0.2, 0) is 14.3 Å². The molecule has 0 N–H and O–H groups in total. The molecule has 0 saturated carbocycles. The first-order valence-corrected chi connectivity index (χ1v) is 6.31. The number of esters is 1. The van der Waals surface area contributed by atoms with Gasteiger partial charge in [0.1, 0.15) is 0 Å². The van der Waals surface area contributed by atoms with Gasteiger partial charge in [0, 0.05) is 12.0 Å². The fourth-order valence-corrected chi connectivity index (χ4v) is 1.82. The average molecular weight is 236 g/mol. The normalized spacial score (nSPS) is 16.0. The lowest BCUT2D eigenvalue weighted by Gasteiger charge is -2.07. The maximum atomic E-state index is 11.8. The lowest BCUT2D eigenvalue weighted by molar-refractivity contribution is -0.138. The van der Waals surface area contributed by atoms with E-state index in [0.717, 1.165) is 25.7 Å². The molecule has 1 aliphatic carbocycles. The maximum Gasteiger partial charge on any atom is 0.338 e. The third kappa shape index (κ3) is 3.84. The van der Waals surface area contributed by atoms with Crippen molar-refractivity contribution in [1.82, 2.24) is 0 Å². The summed E-state index contributed by atoms with van der Waals surface area (Å²) < 4.78 is 5.00. The summed E-state index contributed by atoms with van der Waals surface area (Å²) in [4.78, 5) is 23.4. The number of hydrogen-bond donors (Lipinski definition) is 0. The Balaban J connectivity index is 2.82. The second-order valence-electron chi connectivity index (χ2n) is 4.06. The average Bonchev–Trinajstić information content (AvgIpc) is 2.71. The topological polar surface area (TPSA) is 43.4 Å². The van der Waals surface area contributed by atoms with Crippen LogP contribution in [-0.4, -0.2) is 18.4 Å². The SMILES string of the molecule is CCCCC=C(C(=O)OCC)C1=CCCC1=O. The molecule has 17 heavy (non-hydrogen) atoms. The van der Waals surface area contributed by atoms with Crippen LogP contribution in [0.2, 0.25) is 0 Å². The number of carbonyl (C=O) groups excluding carboxylic acids is 2. The molecule has 0 spiro atoms. The minimum absolute atomic E-state index is 0.0563. The molecule has 0 bridgehead atoms. The summed E-state index contributed by atoms with van der Waals surface area (Å²) in [5, 5.41) is 0. The van der Waals surface area contributed by atoms with E-state index in [2.05, 4.69) is 6.92 Å². The Kier molecular flexibility index (Phi) is 5.67. The highest BCUT2D eigenvalue weighted by Crippen LogP contribution is 2.23. The molecule has 3 nitrogen and oxygen atoms in total. The summed E-state index contributed by atoms with van der Waals surface area (Å²) in [6, 6.07) is 0. The largest absolute Gasteiger partial charge is 0.462 e. The molecule has 0 aromatic rings. The molecule has 1 aliphatic rings. The van der Waals surface area contributed by atoms with Crippen molar-refractivity contribution < 1.29 is 14.3 Å². The van der Waals surface area contributed by atoms with Crippen molar-refractivity contribution in [1.29, 1.82) is 0 Å². The lowest BCUT2D eigenvalue weighted by Crippen LogP contribution is -2.13. The molecule has 94 valence electrons. The third-order valence-electron chi connectivity index (χ3n) is 2.71. The van der Waals surface area contributed by atoms with Crippen LogP contribution in [0.3, 0.4) is 0 Å². The van der Waals surface area contributed by atoms with Crippen molar-refractivity contribution in [3.05, 3.63) is 23.3 Å². The van der Waals surface area contributed by atoms with Crippen molar-refractivity contribution in [2.45, 2.75) is 46.0 Å². The minimum Gasteiger partial charge on any atom is -0.462 e. The predicted molar refractivity (Wildman–Crippen MR) is 66.6 cm³/mol. The molecule has 3 heteroatoms. The molecule has 0 aliphatic heterocycles. The highest BCUT2D eigenvalue weighted by molar-refractivity contribution is 6.11. The van der Waals surface area contributed by atoms with Crippen LogP contribution in [0.25, 0.3) is 0 Å². The first-order chi connectivity index (χ1) is 8.20. The molecule has 0 radical (unpaired) electrons. The minimum atomic E-state index is -0.370. The Bertz CT molecular complexity index is 350. The van der Waals surface area contributed by atoms with Crippen molar-refractivity contribution in [2.75, 3.05) is 6.61 Å². The van der Waals surface area contributed by atoms with Crippen LogP contribution >= 0.6 is 0 Å². The molecule has 0 heterocycles. The summed E-state index contributed by atoms with van der Waals surface area (Å²) in [5.41, 5.74) is 1.02. The number of carbonyl (C=O) groups is 2. The van der Waals surface area contributed by atoms with Crippen LogP contribution in [0.5, 0.6) is 0 Å². The van der Waals surface area contributed by atoms with E-state index in [9.17, 15) is 9.59 Å². The fraction of sp³-hybridized carbons (Fsp3) is 0.571. The monoisotopic (exact) mass is 236 g/mol. The zero-order valence-corrected chi connectivity index (χ0v) is 10.6. The summed E-state index contributed by atoms with van der Waals surface area (Å²) in [6.07, 6.45) is 7.84. The molecular weight excluding hydrogens is 216 g/mol. The van der Waals surface area contributed by atoms with Gasteiger partial charge in [-0.2, -0.15) is 0 Å². The van der Waals surface area contributed by atoms with E-state index in [-0.39, 0.29) is 11.8 Å². The molecule has 1 rings (SSSR count). The quantitative estimate of drug-likeness (QED) is 0.404. The van der Waals surface area contributed by atoms with Gasteiger partial charge in [-0.1, -0.05) is 31.9 Å². The van der Waals surface area contributed by atoms with E-state index in [1.54, 1.807) is 6.92 Å². The van der Waals surface area contributed by atoms with Crippen molar-refractivity contribution in [3.8, 4) is 0 Å². The number of ether oxygens (including phenoxy) is 1. The van der Waals surface area contributed by atoms with Crippen LogP contribution in [0.1, 0.15) is 46.0 Å². The number of rotatable bonds is 6. The van der Waals surface area contributed by atoms with Gasteiger partial charge in [0.2, 0.25) is 0 Å². The summed E-state index contributed by atoms with van der Waals surface area (Å²) in [5.74, 6) is -0.314. The smallest absolute Gasteiger partial charge is 0.338 e. The molecule has 0 aromatic carbocycles. The van der Waals surface area contributed by atoms with Gasteiger partial charge in [-0.05, 0) is 19.8 Å².